The lowest BCUT2D eigenvalue weighted by molar-refractivity contribution is -0.119. The number of sulfonamides is 1. The molecular weight excluding hydrogens is 416 g/mol. The van der Waals surface area contributed by atoms with Crippen molar-refractivity contribution in [3.63, 3.8) is 0 Å². The minimum atomic E-state index is -4.32. The molecule has 2 heterocycles. The number of aromatic amines is 1. The fourth-order valence-corrected chi connectivity index (χ4v) is 4.61. The van der Waals surface area contributed by atoms with Crippen LogP contribution in [0.4, 0.5) is 16.2 Å². The zero-order valence-electron chi connectivity index (χ0n) is 16.1. The van der Waals surface area contributed by atoms with Crippen molar-refractivity contribution in [2.45, 2.75) is 24.8 Å². The van der Waals surface area contributed by atoms with Crippen molar-refractivity contribution in [2.75, 3.05) is 22.7 Å². The number of hydrogen-bond donors (Lipinski definition) is 4. The van der Waals surface area contributed by atoms with Gasteiger partial charge in [-0.25, -0.2) is 13.2 Å². The number of carboxylic acid groups (broad SMARTS) is 1. The molecule has 1 aliphatic heterocycles. The highest BCUT2D eigenvalue weighted by atomic mass is 32.2. The van der Waals surface area contributed by atoms with Crippen LogP contribution < -0.4 is 25.2 Å². The van der Waals surface area contributed by atoms with Gasteiger partial charge in [0, 0.05) is 18.8 Å². The smallest absolute Gasteiger partial charge is 0.409 e. The van der Waals surface area contributed by atoms with Crippen LogP contribution in [0.25, 0.3) is 0 Å². The first-order chi connectivity index (χ1) is 14.1. The maximum Gasteiger partial charge on any atom is 0.409 e. The van der Waals surface area contributed by atoms with Crippen molar-refractivity contribution in [1.29, 1.82) is 0 Å². The first-order valence-corrected chi connectivity index (χ1v) is 10.3. The Kier molecular flexibility index (Phi) is 5.69. The van der Waals surface area contributed by atoms with Crippen LogP contribution in [0.1, 0.15) is 12.5 Å². The number of nitrogens with zero attached hydrogens (tertiary/aromatic N) is 1. The van der Waals surface area contributed by atoms with Crippen LogP contribution in [0.2, 0.25) is 0 Å². The second-order valence-electron chi connectivity index (χ2n) is 6.70. The number of carbonyl (C=O) groups excluding carboxylic acids is 1. The summed E-state index contributed by atoms with van der Waals surface area (Å²) in [5.74, 6) is -0.143. The van der Waals surface area contributed by atoms with E-state index in [1.165, 1.54) is 37.4 Å². The number of aryl methyl sites for hydroxylation is 1. The lowest BCUT2D eigenvalue weighted by Gasteiger charge is -2.35. The van der Waals surface area contributed by atoms with E-state index < -0.39 is 32.7 Å². The topological polar surface area (TPSA) is 158 Å². The molecule has 0 spiro atoms. The fraction of sp³-hybridized carbons (Fsp3) is 0.278. The number of anilines is 2. The number of benzene rings is 1. The van der Waals surface area contributed by atoms with Crippen molar-refractivity contribution in [1.82, 2.24) is 10.3 Å². The highest BCUT2D eigenvalue weighted by Crippen LogP contribution is 2.38. The normalized spacial score (nSPS) is 15.7. The lowest BCUT2D eigenvalue weighted by Crippen LogP contribution is -2.49. The first kappa shape index (κ1) is 21.2. The Bertz CT molecular complexity index is 1160. The van der Waals surface area contributed by atoms with E-state index in [-0.39, 0.29) is 36.1 Å². The Morgan fingerprint density at radius 1 is 1.33 bits per heavy atom. The molecule has 1 aliphatic rings. The Hall–Kier alpha value is -3.54. The van der Waals surface area contributed by atoms with E-state index in [4.69, 9.17) is 9.84 Å². The predicted octanol–water partition coefficient (Wildman–Crippen LogP) is 0.866. The van der Waals surface area contributed by atoms with E-state index >= 15 is 0 Å². The Morgan fingerprint density at radius 2 is 2.07 bits per heavy atom. The quantitative estimate of drug-likeness (QED) is 0.541. The number of aromatic nitrogens is 1. The highest BCUT2D eigenvalue weighted by molar-refractivity contribution is 7.92. The van der Waals surface area contributed by atoms with Gasteiger partial charge in [0.2, 0.25) is 5.91 Å². The maximum absolute atomic E-state index is 13.4. The number of ether oxygens (including phenoxy) is 1. The molecule has 0 fully saturated rings. The molecule has 12 heteroatoms. The molecule has 0 radical (unpaired) electrons. The number of nitrogens with one attached hydrogen (secondary N) is 3. The van der Waals surface area contributed by atoms with Crippen molar-refractivity contribution in [3.8, 4) is 5.75 Å². The molecule has 1 atom stereocenters. The van der Waals surface area contributed by atoms with Gasteiger partial charge in [-0.1, -0.05) is 0 Å². The highest BCUT2D eigenvalue weighted by Gasteiger charge is 2.36. The molecule has 30 heavy (non-hydrogen) atoms. The van der Waals surface area contributed by atoms with Gasteiger partial charge in [-0.05, 0) is 36.8 Å². The molecule has 1 aromatic heterocycles. The van der Waals surface area contributed by atoms with Crippen molar-refractivity contribution in [3.05, 3.63) is 46.4 Å². The van der Waals surface area contributed by atoms with Crippen LogP contribution >= 0.6 is 0 Å². The van der Waals surface area contributed by atoms with Gasteiger partial charge in [-0.3, -0.25) is 19.2 Å². The molecule has 0 bridgehead atoms. The Balaban J connectivity index is 2.10. The largest absolute Gasteiger partial charge is 0.484 e. The van der Waals surface area contributed by atoms with E-state index in [0.29, 0.717) is 5.56 Å². The summed E-state index contributed by atoms with van der Waals surface area (Å²) in [7, 11) is -4.32. The van der Waals surface area contributed by atoms with Crippen LogP contribution in [-0.2, 0) is 14.8 Å². The van der Waals surface area contributed by atoms with Gasteiger partial charge >= 0.3 is 6.09 Å². The minimum absolute atomic E-state index is 0.0418. The van der Waals surface area contributed by atoms with Gasteiger partial charge in [0.25, 0.3) is 15.6 Å². The van der Waals surface area contributed by atoms with Crippen LogP contribution in [-0.4, -0.2) is 49.7 Å². The van der Waals surface area contributed by atoms with Crippen molar-refractivity contribution in [2.24, 2.45) is 0 Å². The van der Waals surface area contributed by atoms with Crippen LogP contribution in [0.15, 0.2) is 40.2 Å². The zero-order valence-corrected chi connectivity index (χ0v) is 16.9. The summed E-state index contributed by atoms with van der Waals surface area (Å²) in [6.45, 7) is 2.80. The molecule has 11 nitrogen and oxygen atoms in total. The summed E-state index contributed by atoms with van der Waals surface area (Å²) in [4.78, 5) is 36.4. The average molecular weight is 436 g/mol. The second kappa shape index (κ2) is 8.06. The monoisotopic (exact) mass is 436 g/mol. The third-order valence-corrected chi connectivity index (χ3v) is 6.09. The van der Waals surface area contributed by atoms with Crippen LogP contribution in [0.5, 0.6) is 5.75 Å². The molecule has 4 N–H and O–H groups in total. The second-order valence-corrected chi connectivity index (χ2v) is 8.53. The van der Waals surface area contributed by atoms with Gasteiger partial charge < -0.3 is 20.1 Å². The number of rotatable bonds is 5. The van der Waals surface area contributed by atoms with Crippen LogP contribution in [0, 0.1) is 6.92 Å². The van der Waals surface area contributed by atoms with E-state index in [1.54, 1.807) is 6.92 Å². The third-order valence-electron chi connectivity index (χ3n) is 4.30. The van der Waals surface area contributed by atoms with Gasteiger partial charge in [0.05, 0.1) is 18.8 Å². The fourth-order valence-electron chi connectivity index (χ4n) is 2.98. The van der Waals surface area contributed by atoms with Crippen LogP contribution in [0.3, 0.4) is 0 Å². The van der Waals surface area contributed by atoms with Gasteiger partial charge in [-0.2, -0.15) is 0 Å². The molecule has 3 rings (SSSR count). The summed E-state index contributed by atoms with van der Waals surface area (Å²) in [6, 6.07) is 5.40. The molecule has 1 unspecified atom stereocenters. The summed E-state index contributed by atoms with van der Waals surface area (Å²) < 4.78 is 33.5. The molecule has 1 aromatic carbocycles. The molecule has 0 aliphatic carbocycles. The van der Waals surface area contributed by atoms with Gasteiger partial charge in [-0.15, -0.1) is 0 Å². The van der Waals surface area contributed by atoms with Crippen molar-refractivity contribution < 1.29 is 27.9 Å². The van der Waals surface area contributed by atoms with E-state index in [2.05, 4.69) is 15.6 Å². The lowest BCUT2D eigenvalue weighted by atomic mass is 10.2. The average Bonchev–Trinajstić information content (AvgIpc) is 2.67. The third kappa shape index (κ3) is 4.38. The maximum atomic E-state index is 13.4. The van der Waals surface area contributed by atoms with Gasteiger partial charge in [0.1, 0.15) is 11.9 Å². The first-order valence-electron chi connectivity index (χ1n) is 8.85. The summed E-state index contributed by atoms with van der Waals surface area (Å²) in [5.41, 5.74) is -0.0469. The number of hydrogen-bond acceptors (Lipinski definition) is 6. The number of carbonyl (C=O) groups is 2. The molecule has 0 saturated carbocycles. The molecule has 2 amide bonds. The minimum Gasteiger partial charge on any atom is -0.484 e. The number of pyridine rings is 1. The van der Waals surface area contributed by atoms with E-state index in [0.717, 1.165) is 4.31 Å². The van der Waals surface area contributed by atoms with E-state index in [1.807, 2.05) is 0 Å². The summed E-state index contributed by atoms with van der Waals surface area (Å²) >= 11 is 0. The Labute approximate surface area is 171 Å². The number of H-pyrrole nitrogens is 1. The SMILES string of the molecule is CC(=O)NCC1CN(S(=O)(=O)c2cc(C)c[nH]c2=O)c2cc(NC(=O)O)ccc2O1. The molecule has 160 valence electrons. The van der Waals surface area contributed by atoms with Crippen molar-refractivity contribution >= 4 is 33.4 Å². The zero-order chi connectivity index (χ0) is 22.1. The molecular formula is C18H20N4O7S. The predicted molar refractivity (Wildman–Crippen MR) is 108 cm³/mol. The summed E-state index contributed by atoms with van der Waals surface area (Å²) in [6.07, 6.45) is -0.651. The van der Waals surface area contributed by atoms with E-state index in [9.17, 15) is 22.8 Å². The number of amides is 2. The van der Waals surface area contributed by atoms with Gasteiger partial charge in [0.15, 0.2) is 4.90 Å². The molecule has 2 aromatic rings. The Morgan fingerprint density at radius 3 is 2.73 bits per heavy atom. The standard InChI is InChI=1S/C18H20N4O7S/c1-10-5-16(17(24)20-7-10)30(27,28)22-9-13(8-19-11(2)23)29-15-4-3-12(6-14(15)22)21-18(25)26/h3-7,13,21H,8-9H2,1-2H3,(H,19,23)(H,20,24)(H,25,26). The summed E-state index contributed by atoms with van der Waals surface area (Å²) in [5, 5.41) is 13.7. The number of fused-ring (bicyclic) bond motifs is 1. The molecule has 0 saturated heterocycles.